The molecule has 1 heterocycles. The molecule has 0 spiro atoms. The van der Waals surface area contributed by atoms with Crippen LogP contribution in [0.15, 0.2) is 35.4 Å². The van der Waals surface area contributed by atoms with E-state index in [4.69, 9.17) is 24.5 Å². The van der Waals surface area contributed by atoms with E-state index in [1.54, 1.807) is 31.2 Å². The zero-order valence-electron chi connectivity index (χ0n) is 22.3. The topological polar surface area (TPSA) is 103 Å². The van der Waals surface area contributed by atoms with E-state index in [2.05, 4.69) is 16.9 Å². The summed E-state index contributed by atoms with van der Waals surface area (Å²) in [5.41, 5.74) is 9.47. The van der Waals surface area contributed by atoms with Crippen LogP contribution in [-0.2, 0) is 18.9 Å². The van der Waals surface area contributed by atoms with E-state index in [1.807, 2.05) is 6.07 Å². The molecule has 0 bridgehead atoms. The summed E-state index contributed by atoms with van der Waals surface area (Å²) in [7, 11) is 1.51. The largest absolute Gasteiger partial charge is 0.455 e. The minimum absolute atomic E-state index is 0.417. The van der Waals surface area contributed by atoms with Gasteiger partial charge in [-0.05, 0) is 31.0 Å². The smallest absolute Gasteiger partial charge is 0.338 e. The van der Waals surface area contributed by atoms with E-state index in [0.717, 1.165) is 12.8 Å². The normalized spacial score (nSPS) is 23.7. The Morgan fingerprint density at radius 2 is 1.53 bits per heavy atom. The Morgan fingerprint density at radius 3 is 2.08 bits per heavy atom. The summed E-state index contributed by atoms with van der Waals surface area (Å²) in [6.07, 6.45) is 12.6. The van der Waals surface area contributed by atoms with E-state index in [-0.39, 0.29) is 0 Å². The van der Waals surface area contributed by atoms with Crippen LogP contribution in [0.25, 0.3) is 10.4 Å². The van der Waals surface area contributed by atoms with Crippen LogP contribution in [0.5, 0.6) is 0 Å². The second kappa shape index (κ2) is 18.2. The first-order valence-electron chi connectivity index (χ1n) is 13.7. The van der Waals surface area contributed by atoms with Gasteiger partial charge in [0.25, 0.3) is 0 Å². The molecular weight excluding hydrogens is 458 g/mol. The SMILES string of the molecule is CCCCCCCCCCCCCCO[C@@H]1O[C@H](C)[C@@H](N=[N+]=[N-])[C@H](OC(=O)c2ccccc2)[C@H]1OC. The second-order valence-corrected chi connectivity index (χ2v) is 9.60. The van der Waals surface area contributed by atoms with Gasteiger partial charge in [0.1, 0.15) is 18.2 Å². The minimum Gasteiger partial charge on any atom is -0.455 e. The lowest BCUT2D eigenvalue weighted by atomic mass is 9.97. The van der Waals surface area contributed by atoms with Gasteiger partial charge in [0.2, 0.25) is 0 Å². The van der Waals surface area contributed by atoms with Gasteiger partial charge in [0.05, 0.1) is 11.7 Å². The van der Waals surface area contributed by atoms with Gasteiger partial charge in [-0.2, -0.15) is 0 Å². The highest BCUT2D eigenvalue weighted by molar-refractivity contribution is 5.89. The van der Waals surface area contributed by atoms with Gasteiger partial charge >= 0.3 is 5.97 Å². The Bertz CT molecular complexity index is 772. The molecule has 0 aromatic heterocycles. The Balaban J connectivity index is 1.75. The molecule has 0 N–H and O–H groups in total. The molecule has 1 aliphatic rings. The van der Waals surface area contributed by atoms with E-state index in [0.29, 0.717) is 12.2 Å². The minimum atomic E-state index is -0.825. The molecule has 1 aliphatic heterocycles. The van der Waals surface area contributed by atoms with Crippen LogP contribution < -0.4 is 0 Å². The number of carbonyl (C=O) groups is 1. The van der Waals surface area contributed by atoms with Crippen molar-refractivity contribution in [1.82, 2.24) is 0 Å². The summed E-state index contributed by atoms with van der Waals surface area (Å²) < 4.78 is 23.4. The van der Waals surface area contributed by atoms with Crippen molar-refractivity contribution in [2.75, 3.05) is 13.7 Å². The third-order valence-corrected chi connectivity index (χ3v) is 6.75. The molecule has 2 rings (SSSR count). The number of azide groups is 1. The molecule has 36 heavy (non-hydrogen) atoms. The number of ether oxygens (including phenoxy) is 4. The first kappa shape index (κ1) is 30.1. The maximum atomic E-state index is 12.7. The monoisotopic (exact) mass is 503 g/mol. The summed E-state index contributed by atoms with van der Waals surface area (Å²) in [5, 5.41) is 3.84. The molecule has 0 amide bonds. The highest BCUT2D eigenvalue weighted by Gasteiger charge is 2.47. The Kier molecular flexibility index (Phi) is 15.2. The van der Waals surface area contributed by atoms with Crippen molar-refractivity contribution in [1.29, 1.82) is 0 Å². The van der Waals surface area contributed by atoms with E-state index in [9.17, 15) is 4.79 Å². The van der Waals surface area contributed by atoms with Gasteiger partial charge in [0, 0.05) is 18.6 Å². The lowest BCUT2D eigenvalue weighted by Crippen LogP contribution is -2.58. The van der Waals surface area contributed by atoms with Crippen LogP contribution in [0.2, 0.25) is 0 Å². The van der Waals surface area contributed by atoms with Gasteiger partial charge in [0.15, 0.2) is 6.29 Å². The number of esters is 1. The average molecular weight is 504 g/mol. The molecule has 0 unspecified atom stereocenters. The molecule has 0 aliphatic carbocycles. The molecule has 1 aromatic carbocycles. The van der Waals surface area contributed by atoms with Crippen molar-refractivity contribution >= 4 is 5.97 Å². The van der Waals surface area contributed by atoms with Crippen LogP contribution in [0.3, 0.4) is 0 Å². The maximum absolute atomic E-state index is 12.7. The molecule has 202 valence electrons. The lowest BCUT2D eigenvalue weighted by molar-refractivity contribution is -0.274. The summed E-state index contributed by atoms with van der Waals surface area (Å²) in [5.74, 6) is -0.505. The summed E-state index contributed by atoms with van der Waals surface area (Å²) in [4.78, 5) is 15.7. The lowest BCUT2D eigenvalue weighted by Gasteiger charge is -2.42. The molecule has 1 aromatic rings. The molecular formula is C28H45N3O5. The van der Waals surface area contributed by atoms with E-state index in [1.165, 1.54) is 71.3 Å². The van der Waals surface area contributed by atoms with Gasteiger partial charge in [-0.1, -0.05) is 101 Å². The number of nitrogens with zero attached hydrogens (tertiary/aromatic N) is 3. The number of carbonyl (C=O) groups excluding carboxylic acids is 1. The number of hydrogen-bond donors (Lipinski definition) is 0. The molecule has 8 heteroatoms. The Labute approximate surface area is 216 Å². The first-order valence-corrected chi connectivity index (χ1v) is 13.7. The predicted octanol–water partition coefficient (Wildman–Crippen LogP) is 7.37. The number of rotatable bonds is 18. The van der Waals surface area contributed by atoms with Crippen LogP contribution >= 0.6 is 0 Å². The average Bonchev–Trinajstić information content (AvgIpc) is 2.89. The van der Waals surface area contributed by atoms with Crippen LogP contribution in [-0.4, -0.2) is 50.3 Å². The molecule has 0 saturated carbocycles. The predicted molar refractivity (Wildman–Crippen MR) is 141 cm³/mol. The van der Waals surface area contributed by atoms with Crippen molar-refractivity contribution in [2.24, 2.45) is 5.11 Å². The fraction of sp³-hybridized carbons (Fsp3) is 0.750. The molecule has 8 nitrogen and oxygen atoms in total. The van der Waals surface area contributed by atoms with Crippen LogP contribution in [0, 0.1) is 0 Å². The van der Waals surface area contributed by atoms with Crippen molar-refractivity contribution in [3.8, 4) is 0 Å². The van der Waals surface area contributed by atoms with Crippen LogP contribution in [0.1, 0.15) is 101 Å². The molecule has 5 atom stereocenters. The standard InChI is InChI=1S/C28H45N3O5/c1-4-5-6-7-8-9-10-11-12-13-14-18-21-34-28-26(33-3)25(24(30-31-29)22(2)35-28)36-27(32)23-19-16-15-17-20-23/h15-17,19-20,22,24-26,28H,4-14,18,21H2,1-3H3/t22-,24-,25+,26-,28-/m1/s1. The Hall–Kier alpha value is -2.12. The van der Waals surface area contributed by atoms with Gasteiger partial charge in [-0.25, -0.2) is 4.79 Å². The summed E-state index contributed by atoms with van der Waals surface area (Å²) in [6.45, 7) is 4.57. The summed E-state index contributed by atoms with van der Waals surface area (Å²) in [6, 6.07) is 7.99. The second-order valence-electron chi connectivity index (χ2n) is 9.60. The highest BCUT2D eigenvalue weighted by Crippen LogP contribution is 2.29. The highest BCUT2D eigenvalue weighted by atomic mass is 16.7. The van der Waals surface area contributed by atoms with Crippen molar-refractivity contribution in [3.63, 3.8) is 0 Å². The van der Waals surface area contributed by atoms with Gasteiger partial charge in [-0.3, -0.25) is 0 Å². The molecule has 0 radical (unpaired) electrons. The maximum Gasteiger partial charge on any atom is 0.338 e. The summed E-state index contributed by atoms with van der Waals surface area (Å²) >= 11 is 0. The van der Waals surface area contributed by atoms with Crippen molar-refractivity contribution < 1.29 is 23.7 Å². The number of hydrogen-bond acceptors (Lipinski definition) is 6. The Morgan fingerprint density at radius 1 is 0.944 bits per heavy atom. The fourth-order valence-corrected chi connectivity index (χ4v) is 4.63. The van der Waals surface area contributed by atoms with E-state index < -0.39 is 36.6 Å². The number of methoxy groups -OCH3 is 1. The van der Waals surface area contributed by atoms with Crippen LogP contribution in [0.4, 0.5) is 0 Å². The van der Waals surface area contributed by atoms with Crippen molar-refractivity contribution in [3.05, 3.63) is 46.3 Å². The zero-order chi connectivity index (χ0) is 26.0. The number of benzene rings is 1. The van der Waals surface area contributed by atoms with Gasteiger partial charge in [-0.15, -0.1) is 0 Å². The third kappa shape index (κ3) is 10.5. The fourth-order valence-electron chi connectivity index (χ4n) is 4.63. The number of unbranched alkanes of at least 4 members (excludes halogenated alkanes) is 11. The molecule has 1 saturated heterocycles. The zero-order valence-corrected chi connectivity index (χ0v) is 22.3. The third-order valence-electron chi connectivity index (χ3n) is 6.75. The van der Waals surface area contributed by atoms with Crippen molar-refractivity contribution in [2.45, 2.75) is 122 Å². The quantitative estimate of drug-likeness (QED) is 0.0684. The molecule has 1 fully saturated rings. The first-order chi connectivity index (χ1) is 17.6. The van der Waals surface area contributed by atoms with E-state index >= 15 is 0 Å². The van der Waals surface area contributed by atoms with Gasteiger partial charge < -0.3 is 18.9 Å².